The Labute approximate surface area is 120 Å². The third-order valence-corrected chi connectivity index (χ3v) is 3.91. The summed E-state index contributed by atoms with van der Waals surface area (Å²) in [4.78, 5) is 14.5. The average molecular weight is 313 g/mol. The molecule has 0 aliphatic rings. The van der Waals surface area contributed by atoms with Crippen LogP contribution >= 0.6 is 11.6 Å². The number of aromatic carboxylic acids is 1. The number of hydrogen-bond acceptors (Lipinski definition) is 4. The maximum atomic E-state index is 12.1. The summed E-state index contributed by atoms with van der Waals surface area (Å²) < 4.78 is 26.4. The Balaban J connectivity index is 2.35. The maximum Gasteiger partial charge on any atom is 0.335 e. The molecule has 0 amide bonds. The van der Waals surface area contributed by atoms with Crippen molar-refractivity contribution in [3.8, 4) is 0 Å². The van der Waals surface area contributed by atoms with E-state index in [1.54, 1.807) is 6.07 Å². The predicted molar refractivity (Wildman–Crippen MR) is 73.5 cm³/mol. The maximum absolute atomic E-state index is 12.1. The molecule has 6 nitrogen and oxygen atoms in total. The second-order valence-electron chi connectivity index (χ2n) is 3.78. The van der Waals surface area contributed by atoms with Gasteiger partial charge in [-0.05, 0) is 30.3 Å². The lowest BCUT2D eigenvalue weighted by molar-refractivity contribution is 0.0696. The van der Waals surface area contributed by atoms with E-state index in [1.807, 2.05) is 0 Å². The number of pyridine rings is 1. The molecule has 0 unspecified atom stereocenters. The molecule has 0 saturated heterocycles. The lowest BCUT2D eigenvalue weighted by Crippen LogP contribution is -2.14. The van der Waals surface area contributed by atoms with Crippen LogP contribution in [0, 0.1) is 0 Å². The number of anilines is 1. The normalized spacial score (nSPS) is 11.1. The minimum atomic E-state index is -3.92. The average Bonchev–Trinajstić information content (AvgIpc) is 2.38. The van der Waals surface area contributed by atoms with Crippen LogP contribution < -0.4 is 4.72 Å². The fourth-order valence-electron chi connectivity index (χ4n) is 1.46. The molecule has 0 radical (unpaired) electrons. The first-order valence-corrected chi connectivity index (χ1v) is 7.23. The van der Waals surface area contributed by atoms with Crippen LogP contribution in [-0.2, 0) is 10.0 Å². The van der Waals surface area contributed by atoms with Crippen molar-refractivity contribution < 1.29 is 18.3 Å². The smallest absolute Gasteiger partial charge is 0.335 e. The molecular weight excluding hydrogens is 304 g/mol. The molecule has 8 heteroatoms. The van der Waals surface area contributed by atoms with Gasteiger partial charge in [-0.25, -0.2) is 18.2 Å². The molecule has 2 aromatic rings. The number of carbonyl (C=O) groups is 1. The van der Waals surface area contributed by atoms with Crippen LogP contribution in [0.5, 0.6) is 0 Å². The molecule has 0 spiro atoms. The molecule has 1 aromatic carbocycles. The number of halogens is 1. The minimum Gasteiger partial charge on any atom is -0.478 e. The summed E-state index contributed by atoms with van der Waals surface area (Å²) >= 11 is 5.66. The lowest BCUT2D eigenvalue weighted by atomic mass is 10.2. The second kappa shape index (κ2) is 5.48. The first-order valence-electron chi connectivity index (χ1n) is 5.37. The Hall–Kier alpha value is -2.12. The van der Waals surface area contributed by atoms with Crippen molar-refractivity contribution in [3.63, 3.8) is 0 Å². The first kappa shape index (κ1) is 14.3. The van der Waals surface area contributed by atoms with E-state index < -0.39 is 16.0 Å². The minimum absolute atomic E-state index is 0.0539. The molecule has 20 heavy (non-hydrogen) atoms. The molecule has 0 saturated carbocycles. The summed E-state index contributed by atoms with van der Waals surface area (Å²) in [6, 6.07) is 9.49. The molecule has 0 aliphatic carbocycles. The SMILES string of the molecule is O=C(O)c1cccc(S(=O)(=O)Nc2cccc(Cl)n2)c1. The molecule has 0 atom stereocenters. The van der Waals surface area contributed by atoms with Gasteiger partial charge in [0.25, 0.3) is 10.0 Å². The number of hydrogen-bond donors (Lipinski definition) is 2. The molecular formula is C12H9ClN2O4S. The number of aromatic nitrogens is 1. The summed E-state index contributed by atoms with van der Waals surface area (Å²) in [5, 5.41) is 9.00. The highest BCUT2D eigenvalue weighted by atomic mass is 35.5. The fraction of sp³-hybridized carbons (Fsp3) is 0. The van der Waals surface area contributed by atoms with Gasteiger partial charge in [-0.1, -0.05) is 23.7 Å². The van der Waals surface area contributed by atoms with Crippen LogP contribution in [-0.4, -0.2) is 24.5 Å². The summed E-state index contributed by atoms with van der Waals surface area (Å²) in [7, 11) is -3.92. The van der Waals surface area contributed by atoms with Crippen molar-refractivity contribution >= 4 is 33.4 Å². The molecule has 2 rings (SSSR count). The Morgan fingerprint density at radius 2 is 1.90 bits per heavy atom. The van der Waals surface area contributed by atoms with E-state index in [0.29, 0.717) is 0 Å². The number of carboxylic acid groups (broad SMARTS) is 1. The van der Waals surface area contributed by atoms with E-state index in [0.717, 1.165) is 6.07 Å². The Morgan fingerprint density at radius 1 is 1.20 bits per heavy atom. The highest BCUT2D eigenvalue weighted by Crippen LogP contribution is 2.17. The third-order valence-electron chi connectivity index (χ3n) is 2.35. The van der Waals surface area contributed by atoms with Crippen molar-refractivity contribution in [2.75, 3.05) is 4.72 Å². The number of rotatable bonds is 4. The van der Waals surface area contributed by atoms with Crippen molar-refractivity contribution in [2.45, 2.75) is 4.90 Å². The second-order valence-corrected chi connectivity index (χ2v) is 5.85. The number of nitrogens with one attached hydrogen (secondary N) is 1. The van der Waals surface area contributed by atoms with E-state index in [-0.39, 0.29) is 21.4 Å². The van der Waals surface area contributed by atoms with Gasteiger partial charge in [-0.2, -0.15) is 0 Å². The van der Waals surface area contributed by atoms with E-state index in [9.17, 15) is 13.2 Å². The van der Waals surface area contributed by atoms with Crippen LogP contribution in [0.3, 0.4) is 0 Å². The quantitative estimate of drug-likeness (QED) is 0.844. The molecule has 0 bridgehead atoms. The van der Waals surface area contributed by atoms with Gasteiger partial charge in [0.2, 0.25) is 0 Å². The largest absolute Gasteiger partial charge is 0.478 e. The Bertz CT molecular complexity index is 762. The number of carboxylic acids is 1. The van der Waals surface area contributed by atoms with Gasteiger partial charge >= 0.3 is 5.97 Å². The van der Waals surface area contributed by atoms with E-state index in [2.05, 4.69) is 9.71 Å². The summed E-state index contributed by atoms with van der Waals surface area (Å²) in [6.45, 7) is 0. The zero-order valence-corrected chi connectivity index (χ0v) is 11.5. The first-order chi connectivity index (χ1) is 9.38. The van der Waals surface area contributed by atoms with E-state index in [4.69, 9.17) is 16.7 Å². The number of sulfonamides is 1. The number of nitrogens with zero attached hydrogens (tertiary/aromatic N) is 1. The Morgan fingerprint density at radius 3 is 2.55 bits per heavy atom. The Kier molecular flexibility index (Phi) is 3.91. The molecule has 1 aromatic heterocycles. The van der Waals surface area contributed by atoms with Gasteiger partial charge < -0.3 is 5.11 Å². The van der Waals surface area contributed by atoms with Crippen LogP contribution in [0.4, 0.5) is 5.82 Å². The molecule has 0 aliphatic heterocycles. The zero-order chi connectivity index (χ0) is 14.8. The van der Waals surface area contributed by atoms with Crippen molar-refractivity contribution in [1.82, 2.24) is 4.98 Å². The van der Waals surface area contributed by atoms with E-state index >= 15 is 0 Å². The van der Waals surface area contributed by atoms with Gasteiger partial charge in [0, 0.05) is 0 Å². The van der Waals surface area contributed by atoms with Crippen LogP contribution in [0.2, 0.25) is 5.15 Å². The van der Waals surface area contributed by atoms with Gasteiger partial charge in [0.05, 0.1) is 10.5 Å². The van der Waals surface area contributed by atoms with Crippen molar-refractivity contribution in [2.24, 2.45) is 0 Å². The molecule has 1 heterocycles. The van der Waals surface area contributed by atoms with Gasteiger partial charge in [0.1, 0.15) is 11.0 Å². The zero-order valence-electron chi connectivity index (χ0n) is 9.95. The van der Waals surface area contributed by atoms with Gasteiger partial charge in [-0.15, -0.1) is 0 Å². The molecule has 2 N–H and O–H groups in total. The van der Waals surface area contributed by atoms with Gasteiger partial charge in [-0.3, -0.25) is 4.72 Å². The topological polar surface area (TPSA) is 96.4 Å². The third kappa shape index (κ3) is 3.25. The van der Waals surface area contributed by atoms with Crippen molar-refractivity contribution in [1.29, 1.82) is 0 Å². The fourth-order valence-corrected chi connectivity index (χ4v) is 2.67. The van der Waals surface area contributed by atoms with Crippen LogP contribution in [0.1, 0.15) is 10.4 Å². The molecule has 0 fully saturated rings. The summed E-state index contributed by atoms with van der Waals surface area (Å²) in [5.74, 6) is -1.15. The highest BCUT2D eigenvalue weighted by Gasteiger charge is 2.16. The van der Waals surface area contributed by atoms with E-state index in [1.165, 1.54) is 30.3 Å². The predicted octanol–water partition coefficient (Wildman–Crippen LogP) is 2.23. The lowest BCUT2D eigenvalue weighted by Gasteiger charge is -2.08. The number of benzene rings is 1. The van der Waals surface area contributed by atoms with Crippen LogP contribution in [0.25, 0.3) is 0 Å². The molecule has 104 valence electrons. The monoisotopic (exact) mass is 312 g/mol. The summed E-state index contributed by atoms with van der Waals surface area (Å²) in [6.07, 6.45) is 0. The van der Waals surface area contributed by atoms with Crippen LogP contribution in [0.15, 0.2) is 47.4 Å². The highest BCUT2D eigenvalue weighted by molar-refractivity contribution is 7.92. The van der Waals surface area contributed by atoms with Gasteiger partial charge in [0.15, 0.2) is 0 Å². The summed E-state index contributed by atoms with van der Waals surface area (Å²) in [5.41, 5.74) is -0.119. The standard InChI is InChI=1S/C12H9ClN2O4S/c13-10-5-2-6-11(14-10)15-20(18,19)9-4-1-3-8(7-9)12(16)17/h1-7H,(H,14,15)(H,16,17). The van der Waals surface area contributed by atoms with Crippen molar-refractivity contribution in [3.05, 3.63) is 53.2 Å².